The van der Waals surface area contributed by atoms with Crippen molar-refractivity contribution in [3.63, 3.8) is 0 Å². The van der Waals surface area contributed by atoms with Crippen molar-refractivity contribution in [2.24, 2.45) is 0 Å². The molecular formula is C28H24N2O2S2. The lowest BCUT2D eigenvalue weighted by molar-refractivity contribution is -0.113. The molecule has 0 aliphatic heterocycles. The fourth-order valence-electron chi connectivity index (χ4n) is 3.26. The van der Waals surface area contributed by atoms with E-state index in [0.717, 1.165) is 21.8 Å². The standard InChI is InChI=1S/C28H24N2O2S2/c1-20-8-5-6-12-25(20)27(31)30-26(18-24-11-7-17-33-24)28(32)29-22-15-13-21(14-16-22)19-34-23-9-3-2-4-10-23/h2-18H,19H2,1H3,(H,29,32)(H,30,31)/b26-18-. The molecule has 0 aliphatic carbocycles. The van der Waals surface area contributed by atoms with Crippen molar-refractivity contribution in [3.8, 4) is 0 Å². The van der Waals surface area contributed by atoms with Crippen molar-refractivity contribution in [2.45, 2.75) is 17.6 Å². The number of carbonyl (C=O) groups is 2. The summed E-state index contributed by atoms with van der Waals surface area (Å²) in [6.45, 7) is 1.87. The Morgan fingerprint density at radius 3 is 2.32 bits per heavy atom. The van der Waals surface area contributed by atoms with Crippen molar-refractivity contribution in [2.75, 3.05) is 5.32 Å². The van der Waals surface area contributed by atoms with Crippen molar-refractivity contribution in [1.29, 1.82) is 0 Å². The Hall–Kier alpha value is -3.61. The van der Waals surface area contributed by atoms with Gasteiger partial charge in [-0.2, -0.15) is 0 Å². The first-order chi connectivity index (χ1) is 16.6. The van der Waals surface area contributed by atoms with Crippen molar-refractivity contribution in [3.05, 3.63) is 124 Å². The molecule has 6 heteroatoms. The van der Waals surface area contributed by atoms with Crippen LogP contribution < -0.4 is 10.6 Å². The van der Waals surface area contributed by atoms with Crippen LogP contribution >= 0.6 is 23.1 Å². The number of thioether (sulfide) groups is 1. The van der Waals surface area contributed by atoms with E-state index in [2.05, 4.69) is 22.8 Å². The van der Waals surface area contributed by atoms with Crippen molar-refractivity contribution >= 4 is 46.7 Å². The maximum atomic E-state index is 13.1. The molecule has 3 aromatic carbocycles. The van der Waals surface area contributed by atoms with Crippen LogP contribution in [-0.4, -0.2) is 11.8 Å². The monoisotopic (exact) mass is 484 g/mol. The van der Waals surface area contributed by atoms with Crippen molar-refractivity contribution < 1.29 is 9.59 Å². The summed E-state index contributed by atoms with van der Waals surface area (Å²) in [7, 11) is 0. The molecule has 0 unspecified atom stereocenters. The second-order valence-electron chi connectivity index (χ2n) is 7.60. The van der Waals surface area contributed by atoms with Crippen LogP contribution in [0, 0.1) is 6.92 Å². The number of aryl methyl sites for hydroxylation is 1. The van der Waals surface area contributed by atoms with Crippen LogP contribution in [0.1, 0.15) is 26.4 Å². The molecule has 170 valence electrons. The van der Waals surface area contributed by atoms with Gasteiger partial charge in [-0.05, 0) is 65.9 Å². The predicted octanol–water partition coefficient (Wildman–Crippen LogP) is 6.76. The van der Waals surface area contributed by atoms with Crippen LogP contribution in [0.5, 0.6) is 0 Å². The van der Waals surface area contributed by atoms with E-state index in [1.54, 1.807) is 23.9 Å². The van der Waals surface area contributed by atoms with E-state index in [-0.39, 0.29) is 17.5 Å². The summed E-state index contributed by atoms with van der Waals surface area (Å²) >= 11 is 3.26. The van der Waals surface area contributed by atoms with E-state index in [0.29, 0.717) is 11.3 Å². The Labute approximate surface area is 207 Å². The van der Waals surface area contributed by atoms with Crippen LogP contribution in [0.2, 0.25) is 0 Å². The average Bonchev–Trinajstić information content (AvgIpc) is 3.37. The van der Waals surface area contributed by atoms with Gasteiger partial charge in [0.2, 0.25) is 0 Å². The van der Waals surface area contributed by atoms with Gasteiger partial charge in [0.05, 0.1) is 0 Å². The summed E-state index contributed by atoms with van der Waals surface area (Å²) < 4.78 is 0. The summed E-state index contributed by atoms with van der Waals surface area (Å²) in [5.74, 6) is 0.153. The molecule has 1 heterocycles. The molecule has 0 bridgehead atoms. The average molecular weight is 485 g/mol. The van der Waals surface area contributed by atoms with Gasteiger partial charge in [-0.1, -0.05) is 54.6 Å². The van der Waals surface area contributed by atoms with E-state index in [1.807, 2.05) is 85.1 Å². The Morgan fingerprint density at radius 1 is 0.882 bits per heavy atom. The molecule has 0 spiro atoms. The molecule has 1 aromatic heterocycles. The Balaban J connectivity index is 1.45. The number of rotatable bonds is 8. The second kappa shape index (κ2) is 11.5. The zero-order valence-electron chi connectivity index (χ0n) is 18.7. The van der Waals surface area contributed by atoms with E-state index in [4.69, 9.17) is 0 Å². The summed E-state index contributed by atoms with van der Waals surface area (Å²) in [4.78, 5) is 28.1. The molecule has 0 aliphatic rings. The number of amides is 2. The van der Waals surface area contributed by atoms with Gasteiger partial charge in [-0.3, -0.25) is 9.59 Å². The topological polar surface area (TPSA) is 58.2 Å². The quantitative estimate of drug-likeness (QED) is 0.215. The SMILES string of the molecule is Cc1ccccc1C(=O)N/C(=C\c1cccs1)C(=O)Nc1ccc(CSc2ccccc2)cc1. The molecule has 0 saturated heterocycles. The molecule has 0 saturated carbocycles. The molecular weight excluding hydrogens is 460 g/mol. The highest BCUT2D eigenvalue weighted by molar-refractivity contribution is 7.98. The van der Waals surface area contributed by atoms with Gasteiger partial charge < -0.3 is 10.6 Å². The molecule has 4 aromatic rings. The van der Waals surface area contributed by atoms with E-state index >= 15 is 0 Å². The summed E-state index contributed by atoms with van der Waals surface area (Å²) in [5.41, 5.74) is 3.40. The highest BCUT2D eigenvalue weighted by Crippen LogP contribution is 2.23. The van der Waals surface area contributed by atoms with Crippen LogP contribution in [0.15, 0.2) is 107 Å². The van der Waals surface area contributed by atoms with Gasteiger partial charge in [0, 0.05) is 26.8 Å². The fraction of sp³-hybridized carbons (Fsp3) is 0.0714. The van der Waals surface area contributed by atoms with Gasteiger partial charge in [0.15, 0.2) is 0 Å². The highest BCUT2D eigenvalue weighted by Gasteiger charge is 2.16. The third kappa shape index (κ3) is 6.47. The molecule has 2 N–H and O–H groups in total. The van der Waals surface area contributed by atoms with Gasteiger partial charge in [-0.25, -0.2) is 0 Å². The minimum absolute atomic E-state index is 0.194. The largest absolute Gasteiger partial charge is 0.321 e. The number of thiophene rings is 1. The number of anilines is 1. The van der Waals surface area contributed by atoms with Gasteiger partial charge in [0.1, 0.15) is 5.70 Å². The molecule has 0 atom stereocenters. The van der Waals surface area contributed by atoms with Crippen LogP contribution in [0.3, 0.4) is 0 Å². The van der Waals surface area contributed by atoms with Crippen LogP contribution in [0.25, 0.3) is 6.08 Å². The molecule has 4 nitrogen and oxygen atoms in total. The first-order valence-corrected chi connectivity index (χ1v) is 12.7. The molecule has 0 radical (unpaired) electrons. The maximum Gasteiger partial charge on any atom is 0.272 e. The zero-order valence-corrected chi connectivity index (χ0v) is 20.3. The first kappa shape index (κ1) is 23.5. The second-order valence-corrected chi connectivity index (χ2v) is 9.62. The number of nitrogens with one attached hydrogen (secondary N) is 2. The van der Waals surface area contributed by atoms with Crippen LogP contribution in [-0.2, 0) is 10.5 Å². The lowest BCUT2D eigenvalue weighted by Crippen LogP contribution is -2.31. The summed E-state index contributed by atoms with van der Waals surface area (Å²) in [6.07, 6.45) is 1.70. The number of hydrogen-bond donors (Lipinski definition) is 2. The predicted molar refractivity (Wildman–Crippen MR) is 142 cm³/mol. The lowest BCUT2D eigenvalue weighted by atomic mass is 10.1. The lowest BCUT2D eigenvalue weighted by Gasteiger charge is -2.12. The third-order valence-corrected chi connectivity index (χ3v) is 6.98. The zero-order chi connectivity index (χ0) is 23.8. The molecule has 0 fully saturated rings. The fourth-order valence-corrected chi connectivity index (χ4v) is 4.79. The molecule has 4 rings (SSSR count). The Kier molecular flexibility index (Phi) is 7.96. The molecule has 2 amide bonds. The number of carbonyl (C=O) groups excluding carboxylic acids is 2. The minimum atomic E-state index is -0.373. The normalized spacial score (nSPS) is 11.1. The Bertz CT molecular complexity index is 1280. The highest BCUT2D eigenvalue weighted by atomic mass is 32.2. The number of hydrogen-bond acceptors (Lipinski definition) is 4. The van der Waals surface area contributed by atoms with E-state index in [9.17, 15) is 9.59 Å². The smallest absolute Gasteiger partial charge is 0.272 e. The van der Waals surface area contributed by atoms with Crippen LogP contribution in [0.4, 0.5) is 5.69 Å². The van der Waals surface area contributed by atoms with Gasteiger partial charge >= 0.3 is 0 Å². The van der Waals surface area contributed by atoms with E-state index < -0.39 is 0 Å². The molecule has 34 heavy (non-hydrogen) atoms. The maximum absolute atomic E-state index is 13.1. The van der Waals surface area contributed by atoms with Gasteiger partial charge in [-0.15, -0.1) is 23.1 Å². The number of benzene rings is 3. The summed E-state index contributed by atoms with van der Waals surface area (Å²) in [5, 5.41) is 7.63. The van der Waals surface area contributed by atoms with E-state index in [1.165, 1.54) is 16.2 Å². The van der Waals surface area contributed by atoms with Gasteiger partial charge in [0.25, 0.3) is 11.8 Å². The van der Waals surface area contributed by atoms with Crippen molar-refractivity contribution in [1.82, 2.24) is 5.32 Å². The third-order valence-electron chi connectivity index (χ3n) is 5.07. The first-order valence-electron chi connectivity index (χ1n) is 10.8. The minimum Gasteiger partial charge on any atom is -0.321 e. The summed E-state index contributed by atoms with van der Waals surface area (Å²) in [6, 6.07) is 29.1. The Morgan fingerprint density at radius 2 is 1.62 bits per heavy atom.